The van der Waals surface area contributed by atoms with E-state index >= 15 is 0 Å². The predicted octanol–water partition coefficient (Wildman–Crippen LogP) is 1.62. The second-order valence-electron chi connectivity index (χ2n) is 6.80. The molecule has 1 aromatic rings. The monoisotopic (exact) mass is 292 g/mol. The molecule has 1 N–H and O–H groups in total. The van der Waals surface area contributed by atoms with Crippen LogP contribution >= 0.6 is 0 Å². The van der Waals surface area contributed by atoms with E-state index in [0.717, 1.165) is 25.2 Å². The van der Waals surface area contributed by atoms with Crippen molar-refractivity contribution in [2.75, 3.05) is 19.6 Å². The fourth-order valence-electron chi connectivity index (χ4n) is 3.08. The average molecular weight is 292 g/mol. The molecule has 5 nitrogen and oxygen atoms in total. The summed E-state index contributed by atoms with van der Waals surface area (Å²) < 4.78 is 1.81. The average Bonchev–Trinajstić information content (AvgIpc) is 3.02. The molecule has 0 aromatic carbocycles. The lowest BCUT2D eigenvalue weighted by atomic mass is 9.89. The fraction of sp³-hybridized carbons (Fsp3) is 0.750. The van der Waals surface area contributed by atoms with E-state index < -0.39 is 0 Å². The van der Waals surface area contributed by atoms with Gasteiger partial charge in [0.25, 0.3) is 0 Å². The van der Waals surface area contributed by atoms with Gasteiger partial charge in [0.1, 0.15) is 0 Å². The van der Waals surface area contributed by atoms with Crippen LogP contribution in [0.25, 0.3) is 0 Å². The molecule has 21 heavy (non-hydrogen) atoms. The number of rotatable bonds is 5. The molecule has 2 heterocycles. The van der Waals surface area contributed by atoms with Crippen molar-refractivity contribution >= 4 is 5.91 Å². The Kier molecular flexibility index (Phi) is 5.04. The molecule has 0 aliphatic carbocycles. The first-order valence-corrected chi connectivity index (χ1v) is 7.90. The molecule has 118 valence electrons. The number of nitrogens with zero attached hydrogens (tertiary/aromatic N) is 3. The topological polar surface area (TPSA) is 50.2 Å². The molecule has 1 saturated heterocycles. The summed E-state index contributed by atoms with van der Waals surface area (Å²) in [7, 11) is 1.92. The summed E-state index contributed by atoms with van der Waals surface area (Å²) in [6, 6.07) is 0.245. The number of hydrogen-bond donors (Lipinski definition) is 1. The summed E-state index contributed by atoms with van der Waals surface area (Å²) in [6.07, 6.45) is 3.92. The highest BCUT2D eigenvalue weighted by Gasteiger charge is 2.37. The standard InChI is InChI=1S/C16H28N4O/c1-11(2)9-20(12(3)4)16(21)15-8-17-7-14(15)13-6-18-19(5)10-13/h6,10-12,14-15,17H,7-9H2,1-5H3/t14-,15+/m1/s1. The first-order chi connectivity index (χ1) is 9.90. The minimum atomic E-state index is 0.0235. The van der Waals surface area contributed by atoms with Crippen LogP contribution in [0.3, 0.4) is 0 Å². The molecule has 0 unspecified atom stereocenters. The highest BCUT2D eigenvalue weighted by molar-refractivity contribution is 5.81. The van der Waals surface area contributed by atoms with E-state index in [4.69, 9.17) is 0 Å². The van der Waals surface area contributed by atoms with Gasteiger partial charge in [0.15, 0.2) is 0 Å². The molecular weight excluding hydrogens is 264 g/mol. The van der Waals surface area contributed by atoms with Gasteiger partial charge in [-0.3, -0.25) is 9.48 Å². The number of aryl methyl sites for hydroxylation is 1. The predicted molar refractivity (Wildman–Crippen MR) is 84.0 cm³/mol. The highest BCUT2D eigenvalue weighted by atomic mass is 16.2. The molecule has 1 fully saturated rings. The van der Waals surface area contributed by atoms with Crippen LogP contribution in [0.15, 0.2) is 12.4 Å². The van der Waals surface area contributed by atoms with Gasteiger partial charge in [0.2, 0.25) is 5.91 Å². The van der Waals surface area contributed by atoms with Crippen molar-refractivity contribution in [3.8, 4) is 0 Å². The number of aromatic nitrogens is 2. The van der Waals surface area contributed by atoms with Crippen molar-refractivity contribution in [1.82, 2.24) is 20.0 Å². The summed E-state index contributed by atoms with van der Waals surface area (Å²) in [5.41, 5.74) is 1.16. The third-order valence-corrected chi connectivity index (χ3v) is 4.15. The van der Waals surface area contributed by atoms with Crippen LogP contribution in [0.4, 0.5) is 0 Å². The maximum atomic E-state index is 13.0. The van der Waals surface area contributed by atoms with Crippen molar-refractivity contribution in [3.05, 3.63) is 18.0 Å². The minimum absolute atomic E-state index is 0.0235. The SMILES string of the molecule is CC(C)CN(C(=O)[C@H]1CNC[C@@H]1c1cnn(C)c1)C(C)C. The Hall–Kier alpha value is -1.36. The number of carbonyl (C=O) groups excluding carboxylic acids is 1. The Morgan fingerprint density at radius 2 is 2.14 bits per heavy atom. The van der Waals surface area contributed by atoms with Gasteiger partial charge in [-0.2, -0.15) is 5.10 Å². The maximum absolute atomic E-state index is 13.0. The third kappa shape index (κ3) is 3.64. The molecule has 5 heteroatoms. The van der Waals surface area contributed by atoms with Crippen molar-refractivity contribution in [3.63, 3.8) is 0 Å². The van der Waals surface area contributed by atoms with Crippen LogP contribution in [0, 0.1) is 11.8 Å². The number of nitrogens with one attached hydrogen (secondary N) is 1. The first kappa shape index (κ1) is 16.0. The van der Waals surface area contributed by atoms with Crippen molar-refractivity contribution in [1.29, 1.82) is 0 Å². The molecule has 1 aliphatic rings. The van der Waals surface area contributed by atoms with Crippen molar-refractivity contribution in [2.45, 2.75) is 39.7 Å². The third-order valence-electron chi connectivity index (χ3n) is 4.15. The zero-order chi connectivity index (χ0) is 15.6. The molecule has 0 spiro atoms. The summed E-state index contributed by atoms with van der Waals surface area (Å²) in [4.78, 5) is 15.0. The van der Waals surface area contributed by atoms with Crippen LogP contribution in [-0.2, 0) is 11.8 Å². The van der Waals surface area contributed by atoms with Crippen LogP contribution in [0.5, 0.6) is 0 Å². The van der Waals surface area contributed by atoms with Gasteiger partial charge in [0, 0.05) is 44.8 Å². The molecule has 0 radical (unpaired) electrons. The molecule has 0 bridgehead atoms. The Bertz CT molecular complexity index is 480. The number of carbonyl (C=O) groups is 1. The van der Waals surface area contributed by atoms with E-state index in [0.29, 0.717) is 5.92 Å². The zero-order valence-corrected chi connectivity index (χ0v) is 13.8. The van der Waals surface area contributed by atoms with Crippen molar-refractivity contribution < 1.29 is 4.79 Å². The van der Waals surface area contributed by atoms with E-state index in [-0.39, 0.29) is 23.8 Å². The van der Waals surface area contributed by atoms with E-state index in [9.17, 15) is 4.79 Å². The van der Waals surface area contributed by atoms with E-state index in [1.54, 1.807) is 0 Å². The van der Waals surface area contributed by atoms with Gasteiger partial charge < -0.3 is 10.2 Å². The minimum Gasteiger partial charge on any atom is -0.340 e. The molecule has 1 aliphatic heterocycles. The summed E-state index contributed by atoms with van der Waals surface area (Å²) >= 11 is 0. The maximum Gasteiger partial charge on any atom is 0.227 e. The Morgan fingerprint density at radius 1 is 1.43 bits per heavy atom. The van der Waals surface area contributed by atoms with Gasteiger partial charge in [-0.1, -0.05) is 13.8 Å². The first-order valence-electron chi connectivity index (χ1n) is 7.90. The highest BCUT2D eigenvalue weighted by Crippen LogP contribution is 2.30. The van der Waals surface area contributed by atoms with Gasteiger partial charge in [-0.15, -0.1) is 0 Å². The fourth-order valence-corrected chi connectivity index (χ4v) is 3.08. The quantitative estimate of drug-likeness (QED) is 0.897. The lowest BCUT2D eigenvalue weighted by Crippen LogP contribution is -2.44. The molecule has 1 aromatic heterocycles. The normalized spacial score (nSPS) is 22.2. The van der Waals surface area contributed by atoms with E-state index in [2.05, 4.69) is 38.1 Å². The molecule has 1 amide bonds. The van der Waals surface area contributed by atoms with Gasteiger partial charge >= 0.3 is 0 Å². The van der Waals surface area contributed by atoms with E-state index in [1.807, 2.05) is 29.0 Å². The zero-order valence-electron chi connectivity index (χ0n) is 13.8. The second-order valence-corrected chi connectivity index (χ2v) is 6.80. The smallest absolute Gasteiger partial charge is 0.227 e. The Labute approximate surface area is 127 Å². The van der Waals surface area contributed by atoms with Crippen LogP contribution in [0.1, 0.15) is 39.2 Å². The number of amides is 1. The largest absolute Gasteiger partial charge is 0.340 e. The summed E-state index contributed by atoms with van der Waals surface area (Å²) in [5, 5.41) is 7.62. The van der Waals surface area contributed by atoms with Crippen LogP contribution in [0.2, 0.25) is 0 Å². The molecule has 0 saturated carbocycles. The molecule has 2 atom stereocenters. The van der Waals surface area contributed by atoms with Gasteiger partial charge in [-0.25, -0.2) is 0 Å². The van der Waals surface area contributed by atoms with Crippen LogP contribution < -0.4 is 5.32 Å². The Morgan fingerprint density at radius 3 is 2.67 bits per heavy atom. The summed E-state index contributed by atoms with van der Waals surface area (Å²) in [5.74, 6) is 1.02. The van der Waals surface area contributed by atoms with Gasteiger partial charge in [-0.05, 0) is 25.3 Å². The molecule has 2 rings (SSSR count). The lowest BCUT2D eigenvalue weighted by molar-refractivity contribution is -0.137. The lowest BCUT2D eigenvalue weighted by Gasteiger charge is -2.32. The molecular formula is C16H28N4O. The van der Waals surface area contributed by atoms with E-state index in [1.165, 1.54) is 0 Å². The van der Waals surface area contributed by atoms with Crippen LogP contribution in [-0.4, -0.2) is 46.3 Å². The van der Waals surface area contributed by atoms with Crippen molar-refractivity contribution in [2.24, 2.45) is 18.9 Å². The second kappa shape index (κ2) is 6.60. The number of hydrogen-bond acceptors (Lipinski definition) is 3. The van der Waals surface area contributed by atoms with Gasteiger partial charge in [0.05, 0.1) is 12.1 Å². The summed E-state index contributed by atoms with van der Waals surface area (Å²) in [6.45, 7) is 11.0. The Balaban J connectivity index is 2.16.